The van der Waals surface area contributed by atoms with E-state index in [1.165, 1.54) is 0 Å². The molecule has 6 heteroatoms. The van der Waals surface area contributed by atoms with Gasteiger partial charge in [-0.2, -0.15) is 0 Å². The van der Waals surface area contributed by atoms with Crippen LogP contribution in [-0.2, 0) is 14.3 Å². The van der Waals surface area contributed by atoms with E-state index in [9.17, 15) is 14.7 Å². The average Bonchev–Trinajstić information content (AvgIpc) is 2.52. The van der Waals surface area contributed by atoms with Gasteiger partial charge in [0.2, 0.25) is 5.91 Å². The highest BCUT2D eigenvalue weighted by molar-refractivity contribution is 5.85. The minimum atomic E-state index is -0.890. The first-order valence-electron chi connectivity index (χ1n) is 7.52. The van der Waals surface area contributed by atoms with E-state index < -0.39 is 17.8 Å². The average molecular weight is 297 g/mol. The van der Waals surface area contributed by atoms with Crippen molar-refractivity contribution in [1.29, 1.82) is 0 Å². The van der Waals surface area contributed by atoms with Crippen molar-refractivity contribution in [3.05, 3.63) is 12.2 Å². The molecule has 0 aromatic rings. The number of likely N-dealkylation sites (tertiary alicyclic amines) is 1. The number of aliphatic hydroxyl groups excluding tert-OH is 1. The lowest BCUT2D eigenvalue weighted by Crippen LogP contribution is -2.46. The number of carboxylic acids is 1. The summed E-state index contributed by atoms with van der Waals surface area (Å²) in [6.07, 6.45) is 6.26. The summed E-state index contributed by atoms with van der Waals surface area (Å²) in [5.74, 6) is -1.99. The number of carbonyl (C=O) groups excluding carboxylic acids is 1. The Balaban J connectivity index is 1.89. The van der Waals surface area contributed by atoms with E-state index in [-0.39, 0.29) is 18.6 Å². The van der Waals surface area contributed by atoms with Crippen molar-refractivity contribution in [1.82, 2.24) is 4.90 Å². The zero-order valence-corrected chi connectivity index (χ0v) is 12.1. The number of allylic oxidation sites excluding steroid dienone is 2. The number of carboxylic acid groups (broad SMARTS) is 1. The third-order valence-electron chi connectivity index (χ3n) is 4.27. The molecule has 2 N–H and O–H groups in total. The van der Waals surface area contributed by atoms with Crippen molar-refractivity contribution in [3.8, 4) is 0 Å². The fourth-order valence-corrected chi connectivity index (χ4v) is 3.06. The summed E-state index contributed by atoms with van der Waals surface area (Å²) in [5, 5.41) is 18.0. The highest BCUT2D eigenvalue weighted by atomic mass is 16.5. The van der Waals surface area contributed by atoms with Crippen molar-refractivity contribution in [3.63, 3.8) is 0 Å². The van der Waals surface area contributed by atoms with Crippen LogP contribution in [0.25, 0.3) is 0 Å². The third-order valence-corrected chi connectivity index (χ3v) is 4.27. The highest BCUT2D eigenvalue weighted by Crippen LogP contribution is 2.29. The van der Waals surface area contributed by atoms with Gasteiger partial charge in [-0.25, -0.2) is 0 Å². The van der Waals surface area contributed by atoms with E-state index in [4.69, 9.17) is 9.84 Å². The number of carbonyl (C=O) groups is 2. The van der Waals surface area contributed by atoms with Gasteiger partial charge in [-0.1, -0.05) is 12.2 Å². The maximum atomic E-state index is 12.5. The molecule has 1 amide bonds. The second-order valence-corrected chi connectivity index (χ2v) is 5.61. The molecule has 0 bridgehead atoms. The summed E-state index contributed by atoms with van der Waals surface area (Å²) >= 11 is 0. The van der Waals surface area contributed by atoms with Gasteiger partial charge >= 0.3 is 5.97 Å². The number of piperidine rings is 1. The molecule has 2 atom stereocenters. The maximum Gasteiger partial charge on any atom is 0.307 e. The quantitative estimate of drug-likeness (QED) is 0.728. The molecule has 1 fully saturated rings. The van der Waals surface area contributed by atoms with Gasteiger partial charge in [-0.15, -0.1) is 0 Å². The summed E-state index contributed by atoms with van der Waals surface area (Å²) in [7, 11) is 0. The van der Waals surface area contributed by atoms with Crippen LogP contribution in [0.5, 0.6) is 0 Å². The van der Waals surface area contributed by atoms with E-state index in [0.717, 1.165) is 12.8 Å². The Morgan fingerprint density at radius 1 is 1.14 bits per heavy atom. The smallest absolute Gasteiger partial charge is 0.307 e. The summed E-state index contributed by atoms with van der Waals surface area (Å²) < 4.78 is 5.47. The Labute approximate surface area is 124 Å². The predicted molar refractivity (Wildman–Crippen MR) is 75.6 cm³/mol. The van der Waals surface area contributed by atoms with E-state index in [0.29, 0.717) is 32.5 Å². The van der Waals surface area contributed by atoms with Crippen LogP contribution in [-0.4, -0.2) is 59.4 Å². The van der Waals surface area contributed by atoms with Crippen LogP contribution in [0.2, 0.25) is 0 Å². The zero-order valence-electron chi connectivity index (χ0n) is 12.1. The van der Waals surface area contributed by atoms with Crippen LogP contribution in [0, 0.1) is 11.8 Å². The highest BCUT2D eigenvalue weighted by Gasteiger charge is 2.37. The van der Waals surface area contributed by atoms with Crippen LogP contribution >= 0.6 is 0 Å². The molecule has 0 saturated carbocycles. The number of aliphatic carboxylic acids is 1. The topological polar surface area (TPSA) is 87.1 Å². The van der Waals surface area contributed by atoms with Crippen molar-refractivity contribution >= 4 is 11.9 Å². The fourth-order valence-electron chi connectivity index (χ4n) is 3.06. The Bertz CT molecular complexity index is 401. The molecule has 2 aliphatic rings. The molecular weight excluding hydrogens is 274 g/mol. The van der Waals surface area contributed by atoms with Gasteiger partial charge in [-0.05, 0) is 25.7 Å². The Morgan fingerprint density at radius 3 is 2.33 bits per heavy atom. The first-order valence-corrected chi connectivity index (χ1v) is 7.52. The minimum absolute atomic E-state index is 0.00778. The summed E-state index contributed by atoms with van der Waals surface area (Å²) in [6, 6.07) is 0. The van der Waals surface area contributed by atoms with Crippen LogP contribution in [0.15, 0.2) is 12.2 Å². The standard InChI is InChI=1S/C15H23NO5/c17-9-10-21-11-5-7-16(8-6-11)14(18)12-3-1-2-4-13(12)15(19)20/h1-2,11-13,17H,3-10H2,(H,19,20). The molecule has 0 aromatic heterocycles. The molecule has 2 unspecified atom stereocenters. The number of aliphatic hydroxyl groups is 1. The lowest BCUT2D eigenvalue weighted by atomic mass is 9.82. The lowest BCUT2D eigenvalue weighted by molar-refractivity contribution is -0.151. The normalized spacial score (nSPS) is 26.8. The molecule has 1 heterocycles. The first-order chi connectivity index (χ1) is 10.1. The van der Waals surface area contributed by atoms with Crippen molar-refractivity contribution in [2.45, 2.75) is 31.8 Å². The number of ether oxygens (including phenoxy) is 1. The Hall–Kier alpha value is -1.40. The van der Waals surface area contributed by atoms with Crippen LogP contribution in [0.1, 0.15) is 25.7 Å². The molecule has 2 rings (SSSR count). The lowest BCUT2D eigenvalue weighted by Gasteiger charge is -2.35. The van der Waals surface area contributed by atoms with E-state index in [1.54, 1.807) is 4.90 Å². The minimum Gasteiger partial charge on any atom is -0.481 e. The monoisotopic (exact) mass is 297 g/mol. The van der Waals surface area contributed by atoms with Crippen molar-refractivity contribution in [2.75, 3.05) is 26.3 Å². The van der Waals surface area contributed by atoms with Gasteiger partial charge in [0.15, 0.2) is 0 Å². The molecule has 0 spiro atoms. The zero-order chi connectivity index (χ0) is 15.2. The largest absolute Gasteiger partial charge is 0.481 e. The summed E-state index contributed by atoms with van der Waals surface area (Å²) in [4.78, 5) is 25.6. The van der Waals surface area contributed by atoms with Gasteiger partial charge in [-0.3, -0.25) is 9.59 Å². The summed E-state index contributed by atoms with van der Waals surface area (Å²) in [5.41, 5.74) is 0. The number of hydrogen-bond donors (Lipinski definition) is 2. The molecule has 21 heavy (non-hydrogen) atoms. The second kappa shape index (κ2) is 7.56. The number of nitrogens with zero attached hydrogens (tertiary/aromatic N) is 1. The van der Waals surface area contributed by atoms with Crippen LogP contribution in [0.3, 0.4) is 0 Å². The maximum absolute atomic E-state index is 12.5. The molecule has 1 saturated heterocycles. The molecule has 6 nitrogen and oxygen atoms in total. The van der Waals surface area contributed by atoms with Crippen molar-refractivity contribution in [2.24, 2.45) is 11.8 Å². The number of hydrogen-bond acceptors (Lipinski definition) is 4. The van der Waals surface area contributed by atoms with E-state index >= 15 is 0 Å². The third kappa shape index (κ3) is 4.04. The van der Waals surface area contributed by atoms with Crippen LogP contribution in [0.4, 0.5) is 0 Å². The number of rotatable bonds is 5. The molecule has 0 radical (unpaired) electrons. The molecule has 1 aliphatic heterocycles. The van der Waals surface area contributed by atoms with Gasteiger partial charge in [0.25, 0.3) is 0 Å². The SMILES string of the molecule is O=C(O)C1CC=CCC1C(=O)N1CCC(OCCO)CC1. The molecule has 0 aromatic carbocycles. The van der Waals surface area contributed by atoms with Gasteiger partial charge in [0, 0.05) is 13.1 Å². The van der Waals surface area contributed by atoms with Gasteiger partial charge in [0.1, 0.15) is 0 Å². The summed E-state index contributed by atoms with van der Waals surface area (Å²) in [6.45, 7) is 1.53. The predicted octanol–water partition coefficient (Wildman–Crippen LogP) is 0.653. The molecule has 118 valence electrons. The van der Waals surface area contributed by atoms with Gasteiger partial charge < -0.3 is 19.8 Å². The second-order valence-electron chi connectivity index (χ2n) is 5.61. The van der Waals surface area contributed by atoms with Crippen LogP contribution < -0.4 is 0 Å². The van der Waals surface area contributed by atoms with Gasteiger partial charge in [0.05, 0.1) is 31.2 Å². The Morgan fingerprint density at radius 2 is 1.76 bits per heavy atom. The Kier molecular flexibility index (Phi) is 5.76. The molecule has 1 aliphatic carbocycles. The first kappa shape index (κ1) is 16.0. The molecular formula is C15H23NO5. The van der Waals surface area contributed by atoms with E-state index in [1.807, 2.05) is 12.2 Å². The van der Waals surface area contributed by atoms with Crippen molar-refractivity contribution < 1.29 is 24.5 Å². The number of amides is 1. The van der Waals surface area contributed by atoms with E-state index in [2.05, 4.69) is 0 Å². The fraction of sp³-hybridized carbons (Fsp3) is 0.733.